The molecule has 0 spiro atoms. The number of alkyl halides is 1. The van der Waals surface area contributed by atoms with Crippen molar-refractivity contribution < 1.29 is 0 Å². The average molecular weight is 350 g/mol. The summed E-state index contributed by atoms with van der Waals surface area (Å²) in [5.74, 6) is 4.64. The first-order chi connectivity index (χ1) is 11.2. The molecule has 6 bridgehead atoms. The fourth-order valence-corrected chi connectivity index (χ4v) is 8.99. The van der Waals surface area contributed by atoms with Gasteiger partial charge in [0.05, 0.1) is 0 Å². The van der Waals surface area contributed by atoms with Gasteiger partial charge in [0.25, 0.3) is 0 Å². The van der Waals surface area contributed by atoms with Crippen molar-refractivity contribution in [2.45, 2.75) is 83.6 Å². The lowest BCUT2D eigenvalue weighted by Crippen LogP contribution is -2.61. The molecule has 1 saturated heterocycles. The Morgan fingerprint density at radius 3 is 2.29 bits per heavy atom. The van der Waals surface area contributed by atoms with Gasteiger partial charge in [0, 0.05) is 24.0 Å². The van der Waals surface area contributed by atoms with Crippen LogP contribution in [-0.2, 0) is 0 Å². The Morgan fingerprint density at radius 2 is 1.71 bits per heavy atom. The zero-order valence-electron chi connectivity index (χ0n) is 16.2. The molecule has 2 heteroatoms. The molecule has 5 atom stereocenters. The van der Waals surface area contributed by atoms with Crippen LogP contribution < -0.4 is 0 Å². The van der Waals surface area contributed by atoms with Crippen LogP contribution in [0.2, 0.25) is 0 Å². The molecule has 0 N–H and O–H groups in total. The standard InChI is InChI=1S/C22H36ClN/c1-14(24-12-18-5-6-21(4,13-24)20(18,2)3)19-16-7-15-8-17(19)11-22(23,9-15)10-16/h14-19H,5-13H2,1-4H3/t14-,15?,16-,17-,18+,19?,21+,22?/m1/s1. The molecule has 6 rings (SSSR count). The molecule has 0 unspecified atom stereocenters. The fraction of sp³-hybridized carbons (Fsp3) is 1.00. The number of halogens is 1. The van der Waals surface area contributed by atoms with Gasteiger partial charge < -0.3 is 0 Å². The zero-order valence-corrected chi connectivity index (χ0v) is 16.9. The highest BCUT2D eigenvalue weighted by Gasteiger charge is 2.59. The van der Waals surface area contributed by atoms with Crippen molar-refractivity contribution in [2.75, 3.05) is 13.1 Å². The third-order valence-electron chi connectivity index (χ3n) is 10.0. The first-order valence-corrected chi connectivity index (χ1v) is 11.0. The molecule has 5 saturated carbocycles. The molecule has 1 nitrogen and oxygen atoms in total. The monoisotopic (exact) mass is 349 g/mol. The summed E-state index contributed by atoms with van der Waals surface area (Å²) in [4.78, 5) is 3.12. The van der Waals surface area contributed by atoms with Gasteiger partial charge in [0.15, 0.2) is 0 Å². The molecule has 24 heavy (non-hydrogen) atoms. The van der Waals surface area contributed by atoms with Crippen LogP contribution in [0.3, 0.4) is 0 Å². The summed E-state index contributed by atoms with van der Waals surface area (Å²) in [7, 11) is 0. The van der Waals surface area contributed by atoms with Crippen molar-refractivity contribution in [1.29, 1.82) is 0 Å². The number of nitrogens with zero attached hydrogens (tertiary/aromatic N) is 1. The Morgan fingerprint density at radius 1 is 1.04 bits per heavy atom. The quantitative estimate of drug-likeness (QED) is 0.589. The van der Waals surface area contributed by atoms with Crippen molar-refractivity contribution in [3.63, 3.8) is 0 Å². The molecule has 0 amide bonds. The van der Waals surface area contributed by atoms with Gasteiger partial charge in [-0.3, -0.25) is 4.90 Å². The van der Waals surface area contributed by atoms with E-state index in [9.17, 15) is 0 Å². The minimum Gasteiger partial charge on any atom is -0.300 e. The lowest BCUT2D eigenvalue weighted by atomic mass is 9.50. The third-order valence-corrected chi connectivity index (χ3v) is 10.5. The van der Waals surface area contributed by atoms with E-state index >= 15 is 0 Å². The van der Waals surface area contributed by atoms with Gasteiger partial charge in [0.1, 0.15) is 0 Å². The minimum absolute atomic E-state index is 0.196. The number of fused-ring (bicyclic) bond motifs is 2. The second-order valence-electron chi connectivity index (χ2n) is 11.4. The number of piperidine rings is 1. The lowest BCUT2D eigenvalue weighted by molar-refractivity contribution is -0.0948. The van der Waals surface area contributed by atoms with Crippen LogP contribution in [0.5, 0.6) is 0 Å². The van der Waals surface area contributed by atoms with E-state index in [0.29, 0.717) is 10.8 Å². The topological polar surface area (TPSA) is 3.24 Å². The second-order valence-corrected chi connectivity index (χ2v) is 12.2. The van der Waals surface area contributed by atoms with E-state index < -0.39 is 0 Å². The maximum Gasteiger partial charge on any atom is 0.0455 e. The average Bonchev–Trinajstić information content (AvgIpc) is 2.61. The molecule has 1 aliphatic heterocycles. The van der Waals surface area contributed by atoms with Gasteiger partial charge >= 0.3 is 0 Å². The molecule has 0 aromatic heterocycles. The summed E-state index contributed by atoms with van der Waals surface area (Å²) in [6, 6.07) is 0.774. The Labute approximate surface area is 153 Å². The van der Waals surface area contributed by atoms with Crippen molar-refractivity contribution in [3.8, 4) is 0 Å². The first kappa shape index (κ1) is 16.4. The van der Waals surface area contributed by atoms with Gasteiger partial charge in [0.2, 0.25) is 0 Å². The summed E-state index contributed by atoms with van der Waals surface area (Å²) in [5.41, 5.74) is 1.07. The normalized spacial score (nSPS) is 56.6. The molecular formula is C22H36ClN. The van der Waals surface area contributed by atoms with E-state index in [4.69, 9.17) is 11.6 Å². The summed E-state index contributed by atoms with van der Waals surface area (Å²) >= 11 is 6.99. The Hall–Kier alpha value is 0.250. The van der Waals surface area contributed by atoms with E-state index in [1.165, 1.54) is 58.0 Å². The van der Waals surface area contributed by atoms with Crippen LogP contribution in [0.1, 0.15) is 72.6 Å². The fourth-order valence-electron chi connectivity index (χ4n) is 8.37. The van der Waals surface area contributed by atoms with Crippen molar-refractivity contribution in [3.05, 3.63) is 0 Å². The van der Waals surface area contributed by atoms with E-state index in [1.807, 2.05) is 0 Å². The van der Waals surface area contributed by atoms with E-state index in [0.717, 1.165) is 35.6 Å². The SMILES string of the molecule is C[C@H](C1[C@@H]2CC3C[C@@H]1CC(Cl)(C3)C2)N1C[C@@H]2CC[C@@](C)(C1)C2(C)C. The second kappa shape index (κ2) is 4.94. The van der Waals surface area contributed by atoms with Gasteiger partial charge in [-0.2, -0.15) is 0 Å². The van der Waals surface area contributed by atoms with Crippen molar-refractivity contribution in [1.82, 2.24) is 4.90 Å². The van der Waals surface area contributed by atoms with Crippen LogP contribution in [0.15, 0.2) is 0 Å². The van der Waals surface area contributed by atoms with Crippen LogP contribution in [0.25, 0.3) is 0 Å². The summed E-state index contributed by atoms with van der Waals surface area (Å²) in [6.07, 6.45) is 9.82. The number of hydrogen-bond acceptors (Lipinski definition) is 1. The molecule has 6 fully saturated rings. The summed E-state index contributed by atoms with van der Waals surface area (Å²) < 4.78 is 0. The zero-order chi connectivity index (χ0) is 16.9. The summed E-state index contributed by atoms with van der Waals surface area (Å²) in [5, 5.41) is 0. The maximum absolute atomic E-state index is 6.99. The smallest absolute Gasteiger partial charge is 0.0455 e. The highest BCUT2D eigenvalue weighted by atomic mass is 35.5. The molecule has 0 aromatic rings. The molecule has 0 radical (unpaired) electrons. The van der Waals surface area contributed by atoms with Gasteiger partial charge in [-0.1, -0.05) is 20.8 Å². The molecule has 1 heterocycles. The Kier molecular flexibility index (Phi) is 3.38. The Balaban J connectivity index is 1.38. The van der Waals surface area contributed by atoms with E-state index in [2.05, 4.69) is 32.6 Å². The Bertz CT molecular complexity index is 526. The predicted molar refractivity (Wildman–Crippen MR) is 101 cm³/mol. The van der Waals surface area contributed by atoms with Gasteiger partial charge in [-0.25, -0.2) is 0 Å². The molecular weight excluding hydrogens is 314 g/mol. The number of likely N-dealkylation sites (tertiary alicyclic amines) is 1. The third kappa shape index (κ3) is 2.10. The molecule has 5 aliphatic carbocycles. The largest absolute Gasteiger partial charge is 0.300 e. The van der Waals surface area contributed by atoms with Crippen LogP contribution in [0, 0.1) is 40.4 Å². The number of rotatable bonds is 2. The number of hydrogen-bond donors (Lipinski definition) is 0. The van der Waals surface area contributed by atoms with Crippen LogP contribution >= 0.6 is 11.6 Å². The maximum atomic E-state index is 6.99. The highest BCUT2D eigenvalue weighted by Crippen LogP contribution is 2.63. The molecule has 6 aliphatic rings. The van der Waals surface area contributed by atoms with Crippen LogP contribution in [0.4, 0.5) is 0 Å². The highest BCUT2D eigenvalue weighted by molar-refractivity contribution is 6.24. The first-order valence-electron chi connectivity index (χ1n) is 10.6. The van der Waals surface area contributed by atoms with E-state index in [-0.39, 0.29) is 4.87 Å². The lowest BCUT2D eigenvalue weighted by Gasteiger charge is -2.61. The van der Waals surface area contributed by atoms with Crippen LogP contribution in [-0.4, -0.2) is 28.9 Å². The van der Waals surface area contributed by atoms with Gasteiger partial charge in [-0.15, -0.1) is 11.6 Å². The molecule has 136 valence electrons. The van der Waals surface area contributed by atoms with E-state index in [1.54, 1.807) is 0 Å². The van der Waals surface area contributed by atoms with Crippen molar-refractivity contribution >= 4 is 11.6 Å². The van der Waals surface area contributed by atoms with Gasteiger partial charge in [-0.05, 0) is 92.3 Å². The minimum atomic E-state index is 0.196. The molecule has 0 aromatic carbocycles. The summed E-state index contributed by atoms with van der Waals surface area (Å²) in [6.45, 7) is 12.9. The predicted octanol–water partition coefficient (Wildman–Crippen LogP) is 5.57. The van der Waals surface area contributed by atoms with Crippen molar-refractivity contribution in [2.24, 2.45) is 40.4 Å².